The zero-order valence-corrected chi connectivity index (χ0v) is 11.0. The summed E-state index contributed by atoms with van der Waals surface area (Å²) < 4.78 is 0. The highest BCUT2D eigenvalue weighted by Gasteiger charge is 2.21. The van der Waals surface area contributed by atoms with Crippen LogP contribution in [0.4, 0.5) is 0 Å². The standard InChI is InChI=1S/C13H22N4O/c1-11(17-8-4-2-3-5-9-17)13(18)14-10-12-6-7-15-16-12/h6-7,11H,2-5,8-10H2,1H3,(H,14,18)(H,15,16)/t11-/m1/s1. The minimum Gasteiger partial charge on any atom is -0.349 e. The zero-order valence-electron chi connectivity index (χ0n) is 11.0. The van der Waals surface area contributed by atoms with E-state index in [4.69, 9.17) is 0 Å². The van der Waals surface area contributed by atoms with Crippen molar-refractivity contribution in [3.8, 4) is 0 Å². The van der Waals surface area contributed by atoms with E-state index in [2.05, 4.69) is 20.4 Å². The third-order valence-electron chi connectivity index (χ3n) is 3.58. The molecule has 0 aliphatic carbocycles. The summed E-state index contributed by atoms with van der Waals surface area (Å²) in [4.78, 5) is 14.3. The Morgan fingerprint density at radius 2 is 2.17 bits per heavy atom. The van der Waals surface area contributed by atoms with E-state index in [1.54, 1.807) is 6.20 Å². The van der Waals surface area contributed by atoms with Gasteiger partial charge in [-0.3, -0.25) is 14.8 Å². The Morgan fingerprint density at radius 3 is 2.78 bits per heavy atom. The Balaban J connectivity index is 1.79. The van der Waals surface area contributed by atoms with Crippen LogP contribution in [0.2, 0.25) is 0 Å². The Hall–Kier alpha value is -1.36. The molecule has 2 N–H and O–H groups in total. The summed E-state index contributed by atoms with van der Waals surface area (Å²) in [6, 6.07) is 1.84. The van der Waals surface area contributed by atoms with E-state index in [-0.39, 0.29) is 11.9 Å². The molecule has 1 aliphatic heterocycles. The molecule has 1 aromatic heterocycles. The quantitative estimate of drug-likeness (QED) is 0.846. The van der Waals surface area contributed by atoms with Crippen molar-refractivity contribution in [3.63, 3.8) is 0 Å². The molecule has 0 bridgehead atoms. The van der Waals surface area contributed by atoms with E-state index in [0.29, 0.717) is 6.54 Å². The van der Waals surface area contributed by atoms with Crippen molar-refractivity contribution in [2.45, 2.75) is 45.2 Å². The van der Waals surface area contributed by atoms with Gasteiger partial charge in [0.25, 0.3) is 0 Å². The number of amides is 1. The molecule has 0 spiro atoms. The molecule has 0 saturated carbocycles. The second-order valence-corrected chi connectivity index (χ2v) is 4.93. The average molecular weight is 250 g/mol. The highest BCUT2D eigenvalue weighted by molar-refractivity contribution is 5.81. The predicted molar refractivity (Wildman–Crippen MR) is 69.9 cm³/mol. The van der Waals surface area contributed by atoms with Crippen LogP contribution in [0, 0.1) is 0 Å². The van der Waals surface area contributed by atoms with Gasteiger partial charge in [-0.2, -0.15) is 5.10 Å². The van der Waals surface area contributed by atoms with Crippen molar-refractivity contribution >= 4 is 5.91 Å². The number of rotatable bonds is 4. The molecular formula is C13H22N4O. The van der Waals surface area contributed by atoms with Crippen molar-refractivity contribution in [3.05, 3.63) is 18.0 Å². The normalized spacial score (nSPS) is 19.2. The number of likely N-dealkylation sites (tertiary alicyclic amines) is 1. The number of nitrogens with one attached hydrogen (secondary N) is 2. The van der Waals surface area contributed by atoms with Crippen LogP contribution in [0.3, 0.4) is 0 Å². The van der Waals surface area contributed by atoms with Crippen LogP contribution in [-0.2, 0) is 11.3 Å². The molecule has 0 unspecified atom stereocenters. The van der Waals surface area contributed by atoms with Crippen LogP contribution < -0.4 is 5.32 Å². The van der Waals surface area contributed by atoms with Crippen molar-refractivity contribution in [2.75, 3.05) is 13.1 Å². The Bertz CT molecular complexity index is 355. The van der Waals surface area contributed by atoms with Crippen LogP contribution in [0.5, 0.6) is 0 Å². The molecule has 2 rings (SSSR count). The van der Waals surface area contributed by atoms with Gasteiger partial charge in [0, 0.05) is 6.20 Å². The van der Waals surface area contributed by atoms with Gasteiger partial charge in [0.15, 0.2) is 0 Å². The lowest BCUT2D eigenvalue weighted by atomic mass is 10.2. The minimum absolute atomic E-state index is 0.0361. The predicted octanol–water partition coefficient (Wildman–Crippen LogP) is 1.29. The molecule has 1 amide bonds. The van der Waals surface area contributed by atoms with E-state index >= 15 is 0 Å². The number of H-pyrrole nitrogens is 1. The molecule has 1 aromatic rings. The second-order valence-electron chi connectivity index (χ2n) is 4.93. The van der Waals surface area contributed by atoms with E-state index < -0.39 is 0 Å². The molecule has 18 heavy (non-hydrogen) atoms. The van der Waals surface area contributed by atoms with Gasteiger partial charge in [-0.05, 0) is 38.9 Å². The molecule has 1 aliphatic rings. The van der Waals surface area contributed by atoms with Crippen molar-refractivity contribution in [1.82, 2.24) is 20.4 Å². The van der Waals surface area contributed by atoms with Crippen LogP contribution in [0.15, 0.2) is 12.3 Å². The largest absolute Gasteiger partial charge is 0.349 e. The maximum Gasteiger partial charge on any atom is 0.237 e. The number of carbonyl (C=O) groups is 1. The van der Waals surface area contributed by atoms with Crippen LogP contribution >= 0.6 is 0 Å². The summed E-state index contributed by atoms with van der Waals surface area (Å²) in [7, 11) is 0. The lowest BCUT2D eigenvalue weighted by molar-refractivity contribution is -0.126. The Morgan fingerprint density at radius 1 is 1.44 bits per heavy atom. The monoisotopic (exact) mass is 250 g/mol. The molecule has 100 valence electrons. The average Bonchev–Trinajstić information content (AvgIpc) is 2.75. The van der Waals surface area contributed by atoms with E-state index in [1.165, 1.54) is 25.7 Å². The van der Waals surface area contributed by atoms with Gasteiger partial charge < -0.3 is 5.32 Å². The number of nitrogens with zero attached hydrogens (tertiary/aromatic N) is 2. The number of hydrogen-bond donors (Lipinski definition) is 2. The zero-order chi connectivity index (χ0) is 12.8. The highest BCUT2D eigenvalue weighted by atomic mass is 16.2. The molecule has 1 saturated heterocycles. The molecule has 5 heteroatoms. The van der Waals surface area contributed by atoms with Gasteiger partial charge in [0.05, 0.1) is 18.3 Å². The fourth-order valence-electron chi connectivity index (χ4n) is 2.36. The minimum atomic E-state index is -0.0361. The van der Waals surface area contributed by atoms with Gasteiger partial charge in [-0.25, -0.2) is 0 Å². The smallest absolute Gasteiger partial charge is 0.237 e. The summed E-state index contributed by atoms with van der Waals surface area (Å²) in [6.07, 6.45) is 6.69. The van der Waals surface area contributed by atoms with E-state index in [0.717, 1.165) is 18.8 Å². The molecular weight excluding hydrogens is 228 g/mol. The molecule has 5 nitrogen and oxygen atoms in total. The number of aromatic amines is 1. The lowest BCUT2D eigenvalue weighted by Gasteiger charge is -2.26. The van der Waals surface area contributed by atoms with E-state index in [9.17, 15) is 4.79 Å². The second kappa shape index (κ2) is 6.54. The lowest BCUT2D eigenvalue weighted by Crippen LogP contribution is -2.45. The maximum absolute atomic E-state index is 12.1. The maximum atomic E-state index is 12.1. The summed E-state index contributed by atoms with van der Waals surface area (Å²) in [5.41, 5.74) is 0.936. The number of carbonyl (C=O) groups excluding carboxylic acids is 1. The van der Waals surface area contributed by atoms with Crippen LogP contribution in [0.1, 0.15) is 38.3 Å². The Kier molecular flexibility index (Phi) is 4.75. The third-order valence-corrected chi connectivity index (χ3v) is 3.58. The van der Waals surface area contributed by atoms with E-state index in [1.807, 2.05) is 13.0 Å². The molecule has 1 atom stereocenters. The fourth-order valence-corrected chi connectivity index (χ4v) is 2.36. The van der Waals surface area contributed by atoms with Crippen LogP contribution in [0.25, 0.3) is 0 Å². The van der Waals surface area contributed by atoms with Gasteiger partial charge in [-0.1, -0.05) is 12.8 Å². The van der Waals surface area contributed by atoms with Crippen LogP contribution in [-0.4, -0.2) is 40.1 Å². The first-order chi connectivity index (χ1) is 8.77. The highest BCUT2D eigenvalue weighted by Crippen LogP contribution is 2.12. The van der Waals surface area contributed by atoms with Gasteiger partial charge >= 0.3 is 0 Å². The molecule has 0 radical (unpaired) electrons. The first kappa shape index (κ1) is 13.1. The van der Waals surface area contributed by atoms with Gasteiger partial charge in [0.1, 0.15) is 0 Å². The summed E-state index contributed by atoms with van der Waals surface area (Å²) in [5, 5.41) is 9.65. The summed E-state index contributed by atoms with van der Waals surface area (Å²) in [5.74, 6) is 0.103. The van der Waals surface area contributed by atoms with Crippen molar-refractivity contribution < 1.29 is 4.79 Å². The van der Waals surface area contributed by atoms with Crippen molar-refractivity contribution in [1.29, 1.82) is 0 Å². The molecule has 1 fully saturated rings. The fraction of sp³-hybridized carbons (Fsp3) is 0.692. The third kappa shape index (κ3) is 3.57. The number of aromatic nitrogens is 2. The van der Waals surface area contributed by atoms with Gasteiger partial charge in [-0.15, -0.1) is 0 Å². The first-order valence-corrected chi connectivity index (χ1v) is 6.77. The Labute approximate surface area is 108 Å². The molecule has 0 aromatic carbocycles. The number of hydrogen-bond acceptors (Lipinski definition) is 3. The van der Waals surface area contributed by atoms with Gasteiger partial charge in [0.2, 0.25) is 5.91 Å². The summed E-state index contributed by atoms with van der Waals surface area (Å²) in [6.45, 7) is 4.60. The molecule has 2 heterocycles. The van der Waals surface area contributed by atoms with Crippen molar-refractivity contribution in [2.24, 2.45) is 0 Å². The summed E-state index contributed by atoms with van der Waals surface area (Å²) >= 11 is 0. The topological polar surface area (TPSA) is 61.0 Å². The first-order valence-electron chi connectivity index (χ1n) is 6.77. The SMILES string of the molecule is C[C@H](C(=O)NCc1ccn[nH]1)N1CCCCCC1.